The molecule has 1 heterocycles. The summed E-state index contributed by atoms with van der Waals surface area (Å²) in [5, 5.41) is 2.85. The average molecular weight is 269 g/mol. The van der Waals surface area contributed by atoms with Gasteiger partial charge in [0, 0.05) is 19.3 Å². The molecule has 0 aliphatic heterocycles. The van der Waals surface area contributed by atoms with Crippen LogP contribution in [0.3, 0.4) is 0 Å². The highest BCUT2D eigenvalue weighted by molar-refractivity contribution is 7.89. The predicted octanol–water partition coefficient (Wildman–Crippen LogP) is 1.59. The summed E-state index contributed by atoms with van der Waals surface area (Å²) in [5.41, 5.74) is 0. The van der Waals surface area contributed by atoms with Crippen LogP contribution < -0.4 is 10.0 Å². The third-order valence-electron chi connectivity index (χ3n) is 3.04. The number of aromatic nitrogens is 1. The van der Waals surface area contributed by atoms with Crippen molar-refractivity contribution in [3.63, 3.8) is 0 Å². The highest BCUT2D eigenvalue weighted by atomic mass is 32.2. The number of hydrogen-bond acceptors (Lipinski definition) is 4. The van der Waals surface area contributed by atoms with Crippen LogP contribution in [-0.2, 0) is 10.0 Å². The molecule has 0 saturated heterocycles. The molecule has 0 bridgehead atoms. The Morgan fingerprint density at radius 3 is 2.67 bits per heavy atom. The van der Waals surface area contributed by atoms with E-state index in [1.165, 1.54) is 19.0 Å². The normalized spacial score (nSPS) is 17.4. The summed E-state index contributed by atoms with van der Waals surface area (Å²) >= 11 is 0. The highest BCUT2D eigenvalue weighted by Crippen LogP contribution is 2.33. The molecule has 0 aromatic carbocycles. The van der Waals surface area contributed by atoms with Crippen molar-refractivity contribution in [2.45, 2.75) is 37.1 Å². The van der Waals surface area contributed by atoms with E-state index in [4.69, 9.17) is 0 Å². The molecular weight excluding hydrogens is 250 g/mol. The zero-order valence-corrected chi connectivity index (χ0v) is 11.5. The SMILES string of the molecule is CNc1ccc(S(=O)(=O)NC(C)CC2CC2)cn1. The fourth-order valence-corrected chi connectivity index (χ4v) is 3.12. The fourth-order valence-electron chi connectivity index (χ4n) is 1.92. The summed E-state index contributed by atoms with van der Waals surface area (Å²) in [6.07, 6.45) is 4.74. The van der Waals surface area contributed by atoms with Crippen molar-refractivity contribution in [2.75, 3.05) is 12.4 Å². The van der Waals surface area contributed by atoms with E-state index >= 15 is 0 Å². The lowest BCUT2D eigenvalue weighted by molar-refractivity contribution is 0.529. The molecule has 100 valence electrons. The zero-order chi connectivity index (χ0) is 13.2. The van der Waals surface area contributed by atoms with Gasteiger partial charge in [0.25, 0.3) is 0 Å². The highest BCUT2D eigenvalue weighted by Gasteiger charge is 2.26. The molecule has 2 rings (SSSR count). The van der Waals surface area contributed by atoms with Crippen molar-refractivity contribution in [1.82, 2.24) is 9.71 Å². The Bertz CT molecular complexity index is 495. The summed E-state index contributed by atoms with van der Waals surface area (Å²) in [4.78, 5) is 4.23. The second kappa shape index (κ2) is 5.24. The molecule has 0 spiro atoms. The van der Waals surface area contributed by atoms with Crippen LogP contribution in [0.1, 0.15) is 26.2 Å². The second-order valence-corrected chi connectivity index (χ2v) is 6.54. The number of sulfonamides is 1. The van der Waals surface area contributed by atoms with Gasteiger partial charge in [-0.25, -0.2) is 18.1 Å². The van der Waals surface area contributed by atoms with Crippen LogP contribution in [0.4, 0.5) is 5.82 Å². The Hall–Kier alpha value is -1.14. The Kier molecular flexibility index (Phi) is 3.87. The van der Waals surface area contributed by atoms with Crippen LogP contribution in [-0.4, -0.2) is 26.5 Å². The average Bonchev–Trinajstić information content (AvgIpc) is 3.12. The van der Waals surface area contributed by atoms with Crippen LogP contribution >= 0.6 is 0 Å². The van der Waals surface area contributed by atoms with E-state index in [-0.39, 0.29) is 10.9 Å². The van der Waals surface area contributed by atoms with Crippen LogP contribution in [0, 0.1) is 5.92 Å². The largest absolute Gasteiger partial charge is 0.373 e. The van der Waals surface area contributed by atoms with E-state index in [2.05, 4.69) is 15.0 Å². The number of nitrogens with one attached hydrogen (secondary N) is 2. The summed E-state index contributed by atoms with van der Waals surface area (Å²) in [5.74, 6) is 1.35. The van der Waals surface area contributed by atoms with Gasteiger partial charge < -0.3 is 5.32 Å². The number of pyridine rings is 1. The third-order valence-corrected chi connectivity index (χ3v) is 4.62. The number of hydrogen-bond donors (Lipinski definition) is 2. The molecule has 5 nitrogen and oxygen atoms in total. The van der Waals surface area contributed by atoms with E-state index in [1.54, 1.807) is 19.2 Å². The van der Waals surface area contributed by atoms with Gasteiger partial charge in [0.15, 0.2) is 0 Å². The first-order chi connectivity index (χ1) is 8.51. The molecule has 0 amide bonds. The zero-order valence-electron chi connectivity index (χ0n) is 10.7. The van der Waals surface area contributed by atoms with E-state index in [0.29, 0.717) is 11.7 Å². The molecule has 1 fully saturated rings. The second-order valence-electron chi connectivity index (χ2n) is 4.83. The Balaban J connectivity index is 2.03. The monoisotopic (exact) mass is 269 g/mol. The van der Waals surface area contributed by atoms with Gasteiger partial charge in [-0.2, -0.15) is 0 Å². The number of rotatable bonds is 6. The van der Waals surface area contributed by atoms with E-state index in [0.717, 1.165) is 6.42 Å². The van der Waals surface area contributed by atoms with Crippen LogP contribution in [0.2, 0.25) is 0 Å². The maximum absolute atomic E-state index is 12.1. The molecule has 6 heteroatoms. The minimum atomic E-state index is -3.44. The topological polar surface area (TPSA) is 71.1 Å². The van der Waals surface area contributed by atoms with Gasteiger partial charge in [-0.15, -0.1) is 0 Å². The van der Waals surface area contributed by atoms with E-state index in [9.17, 15) is 8.42 Å². The van der Waals surface area contributed by atoms with Crippen molar-refractivity contribution in [3.8, 4) is 0 Å². The summed E-state index contributed by atoms with van der Waals surface area (Å²) < 4.78 is 26.8. The molecule has 1 atom stereocenters. The third kappa shape index (κ3) is 3.43. The van der Waals surface area contributed by atoms with Gasteiger partial charge in [-0.05, 0) is 31.4 Å². The van der Waals surface area contributed by atoms with Crippen molar-refractivity contribution in [1.29, 1.82) is 0 Å². The molecule has 2 N–H and O–H groups in total. The van der Waals surface area contributed by atoms with Crippen molar-refractivity contribution in [2.24, 2.45) is 5.92 Å². The predicted molar refractivity (Wildman–Crippen MR) is 70.9 cm³/mol. The molecule has 18 heavy (non-hydrogen) atoms. The number of anilines is 1. The van der Waals surface area contributed by atoms with Crippen molar-refractivity contribution in [3.05, 3.63) is 18.3 Å². The smallest absolute Gasteiger partial charge is 0.242 e. The molecule has 0 radical (unpaired) electrons. The van der Waals surface area contributed by atoms with E-state index in [1.807, 2.05) is 6.92 Å². The fraction of sp³-hybridized carbons (Fsp3) is 0.583. The van der Waals surface area contributed by atoms with Gasteiger partial charge >= 0.3 is 0 Å². The molecule has 1 aromatic rings. The number of nitrogens with zero attached hydrogens (tertiary/aromatic N) is 1. The lowest BCUT2D eigenvalue weighted by Crippen LogP contribution is -2.33. The van der Waals surface area contributed by atoms with Crippen LogP contribution in [0.5, 0.6) is 0 Å². The van der Waals surface area contributed by atoms with Gasteiger partial charge in [0.05, 0.1) is 0 Å². The van der Waals surface area contributed by atoms with Gasteiger partial charge in [-0.3, -0.25) is 0 Å². The van der Waals surface area contributed by atoms with Gasteiger partial charge in [0.2, 0.25) is 10.0 Å². The molecular formula is C12H19N3O2S. The molecule has 1 saturated carbocycles. The first-order valence-corrected chi connectivity index (χ1v) is 7.65. The molecule has 1 aromatic heterocycles. The summed E-state index contributed by atoms with van der Waals surface area (Å²) in [6, 6.07) is 3.19. The van der Waals surface area contributed by atoms with Crippen molar-refractivity contribution < 1.29 is 8.42 Å². The Morgan fingerprint density at radius 2 is 2.17 bits per heavy atom. The lowest BCUT2D eigenvalue weighted by Gasteiger charge is -2.13. The Morgan fingerprint density at radius 1 is 1.44 bits per heavy atom. The standard InChI is InChI=1S/C12H19N3O2S/c1-9(7-10-3-4-10)15-18(16,17)11-5-6-12(13-2)14-8-11/h5-6,8-10,15H,3-4,7H2,1-2H3,(H,13,14). The van der Waals surface area contributed by atoms with Crippen LogP contribution in [0.25, 0.3) is 0 Å². The van der Waals surface area contributed by atoms with Crippen LogP contribution in [0.15, 0.2) is 23.2 Å². The van der Waals surface area contributed by atoms with E-state index < -0.39 is 10.0 Å². The first-order valence-electron chi connectivity index (χ1n) is 6.17. The summed E-state index contributed by atoms with van der Waals surface area (Å²) in [7, 11) is -1.70. The first kappa shape index (κ1) is 13.3. The summed E-state index contributed by atoms with van der Waals surface area (Å²) in [6.45, 7) is 1.91. The Labute approximate surface area is 108 Å². The minimum Gasteiger partial charge on any atom is -0.373 e. The van der Waals surface area contributed by atoms with Crippen molar-refractivity contribution >= 4 is 15.8 Å². The molecule has 1 unspecified atom stereocenters. The molecule has 1 aliphatic carbocycles. The lowest BCUT2D eigenvalue weighted by atomic mass is 10.2. The van der Waals surface area contributed by atoms with Gasteiger partial charge in [-0.1, -0.05) is 12.8 Å². The molecule has 1 aliphatic rings. The van der Waals surface area contributed by atoms with Gasteiger partial charge in [0.1, 0.15) is 10.7 Å². The maximum Gasteiger partial charge on any atom is 0.242 e. The quantitative estimate of drug-likeness (QED) is 0.822. The minimum absolute atomic E-state index is 0.0218. The maximum atomic E-state index is 12.1.